The van der Waals surface area contributed by atoms with Crippen LogP contribution in [0.25, 0.3) is 10.8 Å². The molecule has 6 rings (SSSR count). The van der Waals surface area contributed by atoms with E-state index in [9.17, 15) is 24.6 Å². The zero-order chi connectivity index (χ0) is 29.1. The molecule has 4 amide bonds. The van der Waals surface area contributed by atoms with Crippen LogP contribution < -0.4 is 38.1 Å². The Kier molecular flexibility index (Phi) is 5.86. The second kappa shape index (κ2) is 9.21. The Bertz CT molecular complexity index is 1590. The fourth-order valence-electron chi connectivity index (χ4n) is 5.87. The summed E-state index contributed by atoms with van der Waals surface area (Å²) in [4.78, 5) is 48.1. The molecular weight excluding hydrogens is 532 g/mol. The molecule has 2 aromatic rings. The number of amides is 4. The monoisotopic (exact) mass is 560 g/mol. The first kappa shape index (κ1) is 26.1. The number of hydrogen-bond donors (Lipinski definition) is 9. The molecule has 41 heavy (non-hydrogen) atoms. The van der Waals surface area contributed by atoms with Crippen LogP contribution in [0.2, 0.25) is 0 Å². The van der Waals surface area contributed by atoms with E-state index in [1.165, 1.54) is 11.0 Å². The minimum Gasteiger partial charge on any atom is -0.370 e. The molecule has 1 spiro atoms. The lowest BCUT2D eigenvalue weighted by atomic mass is 9.85. The lowest BCUT2D eigenvalue weighted by molar-refractivity contribution is -0.230. The fraction of sp³-hybridized carbons (Fsp3) is 0.269. The summed E-state index contributed by atoms with van der Waals surface area (Å²) in [5.74, 6) is -3.96. The van der Waals surface area contributed by atoms with Gasteiger partial charge in [0.05, 0.1) is 6.04 Å². The number of benzene rings is 2. The summed E-state index contributed by atoms with van der Waals surface area (Å²) >= 11 is 0. The van der Waals surface area contributed by atoms with Gasteiger partial charge in [0.1, 0.15) is 17.8 Å². The van der Waals surface area contributed by atoms with E-state index in [0.717, 1.165) is 5.39 Å². The molecule has 0 bridgehead atoms. The Morgan fingerprint density at radius 1 is 1.10 bits per heavy atom. The average molecular weight is 561 g/mol. The molecule has 0 radical (unpaired) electrons. The van der Waals surface area contributed by atoms with Crippen molar-refractivity contribution in [2.45, 2.75) is 29.6 Å². The van der Waals surface area contributed by atoms with Gasteiger partial charge in [-0.3, -0.25) is 9.59 Å². The molecule has 4 atom stereocenters. The summed E-state index contributed by atoms with van der Waals surface area (Å²) in [5.41, 5.74) is 11.1. The minimum absolute atomic E-state index is 0.0360. The third kappa shape index (κ3) is 4.01. The number of aliphatic imine (C=N–C) groups is 2. The molecule has 15 heteroatoms. The zero-order valence-electron chi connectivity index (χ0n) is 21.6. The van der Waals surface area contributed by atoms with Crippen molar-refractivity contribution in [3.63, 3.8) is 0 Å². The molecule has 0 aromatic heterocycles. The number of rotatable bonds is 5. The number of nitrogens with one attached hydrogen (secondary N) is 5. The summed E-state index contributed by atoms with van der Waals surface area (Å²) in [6.07, 6.45) is 1.36. The quantitative estimate of drug-likeness (QED) is 0.175. The maximum absolute atomic E-state index is 13.4. The fourth-order valence-corrected chi connectivity index (χ4v) is 5.87. The van der Waals surface area contributed by atoms with Gasteiger partial charge in [0.25, 0.3) is 11.8 Å². The predicted molar refractivity (Wildman–Crippen MR) is 148 cm³/mol. The summed E-state index contributed by atoms with van der Waals surface area (Å²) < 4.78 is 0. The van der Waals surface area contributed by atoms with Crippen LogP contribution in [0.5, 0.6) is 0 Å². The van der Waals surface area contributed by atoms with Crippen LogP contribution in [0.3, 0.4) is 0 Å². The second-order valence-corrected chi connectivity index (χ2v) is 10.2. The molecule has 0 aliphatic carbocycles. The number of allylic oxidation sites excluding steroid dienone is 1. The molecule has 2 aromatic carbocycles. The van der Waals surface area contributed by atoms with E-state index in [-0.39, 0.29) is 36.4 Å². The van der Waals surface area contributed by atoms with E-state index in [2.05, 4.69) is 43.1 Å². The van der Waals surface area contributed by atoms with Gasteiger partial charge < -0.3 is 53.2 Å². The highest BCUT2D eigenvalue weighted by Gasteiger charge is 2.73. The molecule has 4 heterocycles. The van der Waals surface area contributed by atoms with Gasteiger partial charge in [0.2, 0.25) is 5.79 Å². The Morgan fingerprint density at radius 2 is 1.85 bits per heavy atom. The van der Waals surface area contributed by atoms with Crippen LogP contribution in [-0.4, -0.2) is 87.5 Å². The molecule has 4 aliphatic rings. The molecular formula is C26H28N10O5. The summed E-state index contributed by atoms with van der Waals surface area (Å²) in [6, 6.07) is 8.84. The maximum Gasteiger partial charge on any atom is 0.323 e. The maximum atomic E-state index is 13.4. The lowest BCUT2D eigenvalue weighted by Gasteiger charge is -2.49. The molecule has 15 nitrogen and oxygen atoms in total. The normalized spacial score (nSPS) is 27.8. The van der Waals surface area contributed by atoms with E-state index in [1.807, 2.05) is 24.3 Å². The largest absolute Gasteiger partial charge is 0.370 e. The first-order chi connectivity index (χ1) is 19.5. The highest BCUT2D eigenvalue weighted by atomic mass is 16.5. The standard InChI is InChI=1S/C26H28N10O5/c1-12-9-16(32-24(39)30-12)21(38)29-10-17-19-25(35-22(27)34-19)26(40,41)18(11-36(25)23(28)31-17)33-20(37)15-8-4-6-13-5-2-3-7-14(13)15/h2-9,17-19,40-41H,1,10-11H2,(H2,28,31)(H,29,38)(H,33,37)(H3,27,34,35)(H2,30,32,39)/t17-,18?,19-,25-/m0/s1. The number of nitrogens with zero attached hydrogens (tertiary/aromatic N) is 3. The van der Waals surface area contributed by atoms with E-state index in [4.69, 9.17) is 11.5 Å². The second-order valence-electron chi connectivity index (χ2n) is 10.2. The first-order valence-electron chi connectivity index (χ1n) is 12.7. The lowest BCUT2D eigenvalue weighted by Crippen LogP contribution is -2.78. The predicted octanol–water partition coefficient (Wildman–Crippen LogP) is -2.56. The SMILES string of the molecule is C=C1C=C(C(=O)NC[C@@H]2N=C(N)N3CC(NC(=O)c4cccc5ccccc45)C(O)(O)[C@@]34NC(N)=N[C@@H]24)NC(=O)N1. The van der Waals surface area contributed by atoms with E-state index >= 15 is 0 Å². The van der Waals surface area contributed by atoms with Crippen molar-refractivity contribution in [1.29, 1.82) is 0 Å². The van der Waals surface area contributed by atoms with Crippen molar-refractivity contribution in [2.75, 3.05) is 13.1 Å². The third-order valence-electron chi connectivity index (χ3n) is 7.70. The minimum atomic E-state index is -2.64. The van der Waals surface area contributed by atoms with Crippen LogP contribution in [-0.2, 0) is 4.79 Å². The Hall–Kier alpha value is -5.15. The molecule has 1 unspecified atom stereocenters. The van der Waals surface area contributed by atoms with Crippen molar-refractivity contribution >= 4 is 40.5 Å². The van der Waals surface area contributed by atoms with Gasteiger partial charge in [-0.2, -0.15) is 0 Å². The van der Waals surface area contributed by atoms with E-state index in [1.54, 1.807) is 18.2 Å². The van der Waals surface area contributed by atoms with Crippen molar-refractivity contribution < 1.29 is 24.6 Å². The van der Waals surface area contributed by atoms with Crippen molar-refractivity contribution in [3.8, 4) is 0 Å². The molecule has 11 N–H and O–H groups in total. The van der Waals surface area contributed by atoms with Gasteiger partial charge in [0.15, 0.2) is 17.6 Å². The van der Waals surface area contributed by atoms with Gasteiger partial charge in [-0.05, 0) is 22.9 Å². The van der Waals surface area contributed by atoms with Crippen LogP contribution in [0.4, 0.5) is 4.79 Å². The van der Waals surface area contributed by atoms with Crippen LogP contribution in [0.1, 0.15) is 10.4 Å². The highest BCUT2D eigenvalue weighted by Crippen LogP contribution is 2.44. The number of carbonyl (C=O) groups is 3. The number of urea groups is 1. The van der Waals surface area contributed by atoms with Gasteiger partial charge >= 0.3 is 6.03 Å². The number of carbonyl (C=O) groups excluding carboxylic acids is 3. The molecule has 4 aliphatic heterocycles. The Labute approximate surface area is 233 Å². The number of nitrogens with two attached hydrogens (primary N) is 2. The zero-order valence-corrected chi connectivity index (χ0v) is 21.6. The van der Waals surface area contributed by atoms with E-state index < -0.39 is 47.4 Å². The Balaban J connectivity index is 1.26. The van der Waals surface area contributed by atoms with E-state index in [0.29, 0.717) is 10.9 Å². The number of guanidine groups is 2. The van der Waals surface area contributed by atoms with Crippen LogP contribution in [0.15, 0.2) is 76.5 Å². The Morgan fingerprint density at radius 3 is 2.63 bits per heavy atom. The highest BCUT2D eigenvalue weighted by molar-refractivity contribution is 6.07. The topological polar surface area (TPSA) is 232 Å². The van der Waals surface area contributed by atoms with Gasteiger partial charge in [-0.25, -0.2) is 14.8 Å². The average Bonchev–Trinajstić information content (AvgIpc) is 3.40. The number of aliphatic hydroxyl groups is 2. The van der Waals surface area contributed by atoms with Gasteiger partial charge in [-0.15, -0.1) is 0 Å². The molecule has 1 saturated heterocycles. The van der Waals surface area contributed by atoms with Gasteiger partial charge in [0, 0.05) is 24.4 Å². The first-order valence-corrected chi connectivity index (χ1v) is 12.7. The molecule has 0 saturated carbocycles. The summed E-state index contributed by atoms with van der Waals surface area (Å²) in [7, 11) is 0. The smallest absolute Gasteiger partial charge is 0.323 e. The van der Waals surface area contributed by atoms with Crippen molar-refractivity contribution in [2.24, 2.45) is 21.5 Å². The summed E-state index contributed by atoms with van der Waals surface area (Å²) in [5, 5.41) is 37.9. The molecule has 212 valence electrons. The summed E-state index contributed by atoms with van der Waals surface area (Å²) in [6.45, 7) is 3.35. The third-order valence-corrected chi connectivity index (χ3v) is 7.70. The van der Waals surface area contributed by atoms with Gasteiger partial charge in [-0.1, -0.05) is 43.0 Å². The van der Waals surface area contributed by atoms with Crippen LogP contribution in [0, 0.1) is 0 Å². The molecule has 1 fully saturated rings. The van der Waals surface area contributed by atoms with Crippen molar-refractivity contribution in [3.05, 3.63) is 72.1 Å². The van der Waals surface area contributed by atoms with Crippen LogP contribution >= 0.6 is 0 Å². The number of hydrogen-bond acceptors (Lipinski definition) is 11. The van der Waals surface area contributed by atoms with Crippen molar-refractivity contribution in [1.82, 2.24) is 31.5 Å². The number of fused-ring (bicyclic) bond motifs is 1.